The van der Waals surface area contributed by atoms with Gasteiger partial charge in [0.15, 0.2) is 11.6 Å². The summed E-state index contributed by atoms with van der Waals surface area (Å²) in [6.07, 6.45) is -0.0775. The van der Waals surface area contributed by atoms with Gasteiger partial charge in [-0.05, 0) is 81.0 Å². The van der Waals surface area contributed by atoms with E-state index in [0.29, 0.717) is 23.1 Å². The van der Waals surface area contributed by atoms with E-state index >= 15 is 9.59 Å². The second-order valence-electron chi connectivity index (χ2n) is 17.8. The van der Waals surface area contributed by atoms with Gasteiger partial charge in [0.1, 0.15) is 23.7 Å². The first-order valence-corrected chi connectivity index (χ1v) is 20.9. The van der Waals surface area contributed by atoms with E-state index in [9.17, 15) is 9.59 Å². The summed E-state index contributed by atoms with van der Waals surface area (Å²) in [5.74, 6) is -4.77. The third-order valence-electron chi connectivity index (χ3n) is 12.2. The Bertz CT molecular complexity index is 2010. The number of nitrogens with zero attached hydrogens (tertiary/aromatic N) is 1. The fourth-order valence-electron chi connectivity index (χ4n) is 9.27. The molecule has 6 rings (SSSR count). The number of hydrogen-bond donors (Lipinski definition) is 0. The van der Waals surface area contributed by atoms with Gasteiger partial charge < -0.3 is 18.9 Å². The van der Waals surface area contributed by atoms with Crippen LogP contribution < -0.4 is 0 Å². The number of benzene rings is 4. The maximum Gasteiger partial charge on any atom is 0.412 e. The van der Waals surface area contributed by atoms with Crippen LogP contribution in [0.3, 0.4) is 0 Å². The number of hydrogen-bond acceptors (Lipinski definition) is 8. The van der Waals surface area contributed by atoms with E-state index in [1.807, 2.05) is 84.9 Å². The van der Waals surface area contributed by atoms with Crippen LogP contribution in [0.25, 0.3) is 0 Å². The van der Waals surface area contributed by atoms with Gasteiger partial charge in [-0.3, -0.25) is 9.69 Å². The zero-order valence-electron chi connectivity index (χ0n) is 35.6. The maximum absolute atomic E-state index is 15.6. The van der Waals surface area contributed by atoms with Crippen LogP contribution in [0.5, 0.6) is 0 Å². The number of esters is 3. The summed E-state index contributed by atoms with van der Waals surface area (Å²) in [6, 6.07) is 36.4. The van der Waals surface area contributed by atoms with Crippen molar-refractivity contribution in [2.45, 2.75) is 115 Å². The number of rotatable bonds is 11. The van der Waals surface area contributed by atoms with Crippen molar-refractivity contribution >= 4 is 24.0 Å². The summed E-state index contributed by atoms with van der Waals surface area (Å²) in [5, 5.41) is 0. The van der Waals surface area contributed by atoms with Crippen molar-refractivity contribution < 1.29 is 38.1 Å². The summed E-state index contributed by atoms with van der Waals surface area (Å²) in [4.78, 5) is 61.5. The first-order valence-electron chi connectivity index (χ1n) is 20.9. The fourth-order valence-corrected chi connectivity index (χ4v) is 9.27. The highest BCUT2D eigenvalue weighted by atomic mass is 16.6. The summed E-state index contributed by atoms with van der Waals surface area (Å²) < 4.78 is 25.1. The van der Waals surface area contributed by atoms with Crippen LogP contribution in [0.4, 0.5) is 4.79 Å². The summed E-state index contributed by atoms with van der Waals surface area (Å²) in [6.45, 7) is 14.8. The molecule has 2 fully saturated rings. The Morgan fingerprint density at radius 1 is 0.746 bits per heavy atom. The minimum Gasteiger partial charge on any atom is -0.464 e. The Kier molecular flexibility index (Phi) is 13.0. The van der Waals surface area contributed by atoms with Crippen molar-refractivity contribution in [3.63, 3.8) is 0 Å². The van der Waals surface area contributed by atoms with E-state index in [4.69, 9.17) is 18.9 Å². The smallest absolute Gasteiger partial charge is 0.412 e. The second kappa shape index (κ2) is 17.8. The number of amides is 1. The lowest BCUT2D eigenvalue weighted by atomic mass is 9.64. The average molecular weight is 802 g/mol. The lowest BCUT2D eigenvalue weighted by Gasteiger charge is -2.45. The zero-order chi connectivity index (χ0) is 42.5. The van der Waals surface area contributed by atoms with Gasteiger partial charge in [0, 0.05) is 11.8 Å². The first-order chi connectivity index (χ1) is 28.1. The van der Waals surface area contributed by atoms with Gasteiger partial charge in [0.25, 0.3) is 0 Å². The van der Waals surface area contributed by atoms with E-state index in [2.05, 4.69) is 32.9 Å². The molecular weight excluding hydrogens is 743 g/mol. The molecule has 1 aliphatic heterocycles. The predicted octanol–water partition coefficient (Wildman–Crippen LogP) is 9.99. The molecule has 0 bridgehead atoms. The Labute approximate surface area is 349 Å². The Hall–Kier alpha value is -5.44. The second-order valence-corrected chi connectivity index (χ2v) is 17.8. The van der Waals surface area contributed by atoms with Crippen LogP contribution in [0.1, 0.15) is 109 Å². The van der Waals surface area contributed by atoms with E-state index in [1.165, 1.54) is 6.92 Å². The van der Waals surface area contributed by atoms with Crippen molar-refractivity contribution in [3.8, 4) is 0 Å². The molecule has 1 saturated heterocycles. The molecule has 0 unspecified atom stereocenters. The Morgan fingerprint density at radius 2 is 1.27 bits per heavy atom. The quantitative estimate of drug-likeness (QED) is 0.109. The van der Waals surface area contributed by atoms with Crippen LogP contribution >= 0.6 is 0 Å². The highest BCUT2D eigenvalue weighted by molar-refractivity contribution is 5.98. The van der Waals surface area contributed by atoms with Gasteiger partial charge in [0.2, 0.25) is 0 Å². The van der Waals surface area contributed by atoms with Gasteiger partial charge in [-0.25, -0.2) is 14.4 Å². The van der Waals surface area contributed by atoms with Crippen molar-refractivity contribution in [1.82, 2.24) is 4.90 Å². The summed E-state index contributed by atoms with van der Waals surface area (Å²) in [7, 11) is 0. The van der Waals surface area contributed by atoms with E-state index in [1.54, 1.807) is 52.0 Å². The monoisotopic (exact) mass is 801 g/mol. The van der Waals surface area contributed by atoms with E-state index < -0.39 is 70.6 Å². The van der Waals surface area contributed by atoms with Gasteiger partial charge >= 0.3 is 24.0 Å². The molecule has 0 radical (unpaired) electrons. The molecule has 1 heterocycles. The minimum absolute atomic E-state index is 0.00439. The van der Waals surface area contributed by atoms with E-state index in [0.717, 1.165) is 23.3 Å². The fraction of sp³-hybridized carbons (Fsp3) is 0.440. The Balaban J connectivity index is 1.54. The Morgan fingerprint density at radius 3 is 1.80 bits per heavy atom. The molecule has 1 aliphatic carbocycles. The highest BCUT2D eigenvalue weighted by Gasteiger charge is 2.70. The highest BCUT2D eigenvalue weighted by Crippen LogP contribution is 2.53. The molecule has 9 nitrogen and oxygen atoms in total. The van der Waals surface area contributed by atoms with Crippen molar-refractivity contribution in [2.75, 3.05) is 6.61 Å². The SMILES string of the molecule is CCOC(=O)[C@@H]1[C@@H](c2ccccc2)[C@H](C(=O)OC(c2ccccc2)c2ccccc2)[C@@](C)(C(=O)O[C@@H]2C[C@H](C)CC[C@H]2C(C)(C)c2ccccc2)N1C(=O)OC(C)(C)C. The van der Waals surface area contributed by atoms with Gasteiger partial charge in [-0.15, -0.1) is 0 Å². The molecule has 0 N–H and O–H groups in total. The minimum atomic E-state index is -2.11. The van der Waals surface area contributed by atoms with Crippen LogP contribution in [0.2, 0.25) is 0 Å². The van der Waals surface area contributed by atoms with Crippen LogP contribution in [-0.4, -0.2) is 58.8 Å². The molecule has 0 spiro atoms. The lowest BCUT2D eigenvalue weighted by molar-refractivity contribution is -0.178. The van der Waals surface area contributed by atoms with Crippen LogP contribution in [0, 0.1) is 17.8 Å². The van der Waals surface area contributed by atoms with Crippen molar-refractivity contribution in [3.05, 3.63) is 144 Å². The molecule has 7 atom stereocenters. The molecule has 0 aromatic heterocycles. The first kappa shape index (κ1) is 43.1. The molecular formula is C50H59NO8. The summed E-state index contributed by atoms with van der Waals surface area (Å²) >= 11 is 0. The normalized spacial score (nSPS) is 24.6. The molecule has 59 heavy (non-hydrogen) atoms. The molecule has 1 saturated carbocycles. The largest absolute Gasteiger partial charge is 0.464 e. The maximum atomic E-state index is 15.6. The van der Waals surface area contributed by atoms with Gasteiger partial charge in [-0.1, -0.05) is 149 Å². The third-order valence-corrected chi connectivity index (χ3v) is 12.2. The van der Waals surface area contributed by atoms with Gasteiger partial charge in [-0.2, -0.15) is 0 Å². The van der Waals surface area contributed by atoms with E-state index in [-0.39, 0.29) is 18.4 Å². The topological polar surface area (TPSA) is 108 Å². The van der Waals surface area contributed by atoms with Gasteiger partial charge in [0.05, 0.1) is 6.61 Å². The average Bonchev–Trinajstić information content (AvgIpc) is 3.51. The molecule has 2 aliphatic rings. The number of likely N-dealkylation sites (tertiary alicyclic amines) is 1. The molecule has 9 heteroatoms. The van der Waals surface area contributed by atoms with Crippen molar-refractivity contribution in [1.29, 1.82) is 0 Å². The summed E-state index contributed by atoms with van der Waals surface area (Å²) in [5.41, 5.74) is -0.469. The number of carbonyl (C=O) groups excluding carboxylic acids is 4. The predicted molar refractivity (Wildman–Crippen MR) is 226 cm³/mol. The zero-order valence-corrected chi connectivity index (χ0v) is 35.6. The number of ether oxygens (including phenoxy) is 4. The lowest BCUT2D eigenvalue weighted by Crippen LogP contribution is -2.61. The molecule has 312 valence electrons. The molecule has 4 aromatic rings. The molecule has 4 aromatic carbocycles. The third kappa shape index (κ3) is 9.09. The van der Waals surface area contributed by atoms with Crippen LogP contribution in [0.15, 0.2) is 121 Å². The standard InChI is InChI=1S/C50H59NO8/c1-9-56-45(53)42-40(34-22-14-10-15-23-34)41(44(52)58-43(35-24-16-11-17-25-35)36-26-18-12-19-27-36)50(8,51(42)47(55)59-48(3,4)5)46(54)57-39-32-33(2)30-31-38(39)49(6,7)37-28-20-13-21-29-37/h10-29,33,38-43H,9,30-32H2,1-8H3/t33-,38-,39-,40+,41-,42+,50+/m1/s1. The molecule has 1 amide bonds. The number of carbonyl (C=O) groups is 4. The van der Waals surface area contributed by atoms with Crippen LogP contribution in [-0.2, 0) is 38.7 Å². The van der Waals surface area contributed by atoms with Crippen molar-refractivity contribution in [2.24, 2.45) is 17.8 Å².